The van der Waals surface area contributed by atoms with Crippen molar-refractivity contribution in [2.24, 2.45) is 5.10 Å². The largest absolute Gasteiger partial charge is 0.288 e. The molecule has 0 aliphatic rings. The monoisotopic (exact) mass is 462 g/mol. The van der Waals surface area contributed by atoms with E-state index < -0.39 is 4.92 Å². The molecule has 0 unspecified atom stereocenters. The van der Waals surface area contributed by atoms with Crippen LogP contribution >= 0.6 is 27.5 Å². The second kappa shape index (κ2) is 8.20. The van der Waals surface area contributed by atoms with Crippen molar-refractivity contribution in [1.82, 2.24) is 9.66 Å². The summed E-state index contributed by atoms with van der Waals surface area (Å²) < 4.78 is 2.02. The molecule has 1 aromatic heterocycles. The Morgan fingerprint density at radius 2 is 2.11 bits per heavy atom. The van der Waals surface area contributed by atoms with E-state index in [0.717, 1.165) is 10.9 Å². The van der Waals surface area contributed by atoms with Gasteiger partial charge in [-0.3, -0.25) is 14.9 Å². The molecular formula is C19H16BrClN4O3. The van der Waals surface area contributed by atoms with Crippen LogP contribution in [0.2, 0.25) is 5.02 Å². The fourth-order valence-corrected chi connectivity index (χ4v) is 3.20. The first-order chi connectivity index (χ1) is 13.3. The van der Waals surface area contributed by atoms with Crippen molar-refractivity contribution >= 4 is 50.3 Å². The van der Waals surface area contributed by atoms with Crippen LogP contribution in [0.3, 0.4) is 0 Å². The third kappa shape index (κ3) is 3.98. The average Bonchev–Trinajstić information content (AvgIpc) is 2.67. The number of benzene rings is 2. The van der Waals surface area contributed by atoms with Crippen molar-refractivity contribution in [3.8, 4) is 0 Å². The summed E-state index contributed by atoms with van der Waals surface area (Å²) in [7, 11) is 0. The van der Waals surface area contributed by atoms with Crippen molar-refractivity contribution in [2.45, 2.75) is 26.2 Å². The quantitative estimate of drug-likeness (QED) is 0.298. The minimum Gasteiger partial charge on any atom is -0.267 e. The number of nitrogens with zero attached hydrogens (tertiary/aromatic N) is 4. The van der Waals surface area contributed by atoms with Gasteiger partial charge in [0, 0.05) is 22.0 Å². The van der Waals surface area contributed by atoms with Gasteiger partial charge in [-0.25, -0.2) is 4.98 Å². The minimum atomic E-state index is -0.564. The van der Waals surface area contributed by atoms with Gasteiger partial charge < -0.3 is 0 Å². The molecule has 3 rings (SSSR count). The number of rotatable bonds is 5. The summed E-state index contributed by atoms with van der Waals surface area (Å²) in [5, 5.41) is 15.8. The predicted octanol–water partition coefficient (Wildman–Crippen LogP) is 5.12. The highest BCUT2D eigenvalue weighted by Gasteiger charge is 2.16. The third-order valence-electron chi connectivity index (χ3n) is 4.38. The number of hydrogen-bond acceptors (Lipinski definition) is 5. The van der Waals surface area contributed by atoms with E-state index in [-0.39, 0.29) is 22.2 Å². The lowest BCUT2D eigenvalue weighted by Gasteiger charge is -2.13. The minimum absolute atomic E-state index is 0.00236. The van der Waals surface area contributed by atoms with Crippen LogP contribution in [0.15, 0.2) is 50.8 Å². The normalized spacial score (nSPS) is 12.6. The van der Waals surface area contributed by atoms with Crippen molar-refractivity contribution in [3.63, 3.8) is 0 Å². The molecule has 0 spiro atoms. The number of aromatic nitrogens is 2. The Morgan fingerprint density at radius 1 is 1.36 bits per heavy atom. The Morgan fingerprint density at radius 3 is 2.79 bits per heavy atom. The van der Waals surface area contributed by atoms with E-state index >= 15 is 0 Å². The van der Waals surface area contributed by atoms with Gasteiger partial charge in [0.25, 0.3) is 11.2 Å². The molecule has 7 nitrogen and oxygen atoms in total. The van der Waals surface area contributed by atoms with Gasteiger partial charge in [0.05, 0.1) is 22.0 Å². The summed E-state index contributed by atoms with van der Waals surface area (Å²) in [6.07, 6.45) is 2.17. The average molecular weight is 464 g/mol. The smallest absolute Gasteiger partial charge is 0.267 e. The summed E-state index contributed by atoms with van der Waals surface area (Å²) in [5.41, 5.74) is 0.520. The molecule has 0 bridgehead atoms. The van der Waals surface area contributed by atoms with Gasteiger partial charge in [0.1, 0.15) is 10.8 Å². The highest BCUT2D eigenvalue weighted by Crippen LogP contribution is 2.25. The van der Waals surface area contributed by atoms with Crippen LogP contribution in [0.25, 0.3) is 10.9 Å². The second-order valence-corrected chi connectivity index (χ2v) is 7.59. The third-order valence-corrected chi connectivity index (χ3v) is 5.19. The first kappa shape index (κ1) is 20.2. The Kier molecular flexibility index (Phi) is 5.90. The number of halogens is 2. The lowest BCUT2D eigenvalue weighted by atomic mass is 10.1. The number of nitro benzene ring substituents is 1. The fourth-order valence-electron chi connectivity index (χ4n) is 2.65. The molecule has 0 aliphatic carbocycles. The van der Waals surface area contributed by atoms with Crippen LogP contribution in [-0.4, -0.2) is 20.8 Å². The first-order valence-corrected chi connectivity index (χ1v) is 9.69. The van der Waals surface area contributed by atoms with Crippen molar-refractivity contribution in [3.05, 3.63) is 77.7 Å². The molecule has 1 atom stereocenters. The highest BCUT2D eigenvalue weighted by atomic mass is 79.9. The number of hydrogen-bond donors (Lipinski definition) is 0. The maximum absolute atomic E-state index is 13.0. The molecule has 0 saturated carbocycles. The Hall–Kier alpha value is -2.58. The zero-order chi connectivity index (χ0) is 20.4. The van der Waals surface area contributed by atoms with E-state index in [2.05, 4.69) is 26.0 Å². The zero-order valence-electron chi connectivity index (χ0n) is 15.1. The first-order valence-electron chi connectivity index (χ1n) is 8.52. The molecule has 28 heavy (non-hydrogen) atoms. The van der Waals surface area contributed by atoms with E-state index in [9.17, 15) is 14.9 Å². The van der Waals surface area contributed by atoms with Crippen LogP contribution in [-0.2, 0) is 0 Å². The van der Waals surface area contributed by atoms with Gasteiger partial charge >= 0.3 is 0 Å². The maximum atomic E-state index is 13.0. The SMILES string of the molecule is CC[C@@H](C)c1nc2ccc(Br)cc2c(=O)n1N=Cc1ccc(Cl)c([N+](=O)[O-])c1. The molecule has 0 amide bonds. The molecule has 0 N–H and O–H groups in total. The Labute approximate surface area is 173 Å². The maximum Gasteiger partial charge on any atom is 0.288 e. The van der Waals surface area contributed by atoms with Crippen LogP contribution in [0.5, 0.6) is 0 Å². The topological polar surface area (TPSA) is 90.4 Å². The lowest BCUT2D eigenvalue weighted by Crippen LogP contribution is -2.23. The van der Waals surface area contributed by atoms with Gasteiger partial charge in [0.2, 0.25) is 0 Å². The number of nitro groups is 1. The van der Waals surface area contributed by atoms with E-state index in [1.165, 1.54) is 23.0 Å². The Balaban J connectivity index is 2.17. The predicted molar refractivity (Wildman–Crippen MR) is 114 cm³/mol. The Bertz CT molecular complexity index is 1160. The molecule has 0 radical (unpaired) electrons. The molecule has 0 aliphatic heterocycles. The van der Waals surface area contributed by atoms with Gasteiger partial charge in [-0.05, 0) is 30.7 Å². The summed E-state index contributed by atoms with van der Waals surface area (Å²) in [6.45, 7) is 3.96. The van der Waals surface area contributed by atoms with Gasteiger partial charge in [-0.2, -0.15) is 9.78 Å². The lowest BCUT2D eigenvalue weighted by molar-refractivity contribution is -0.384. The molecule has 2 aromatic carbocycles. The van der Waals surface area contributed by atoms with E-state index in [1.807, 2.05) is 19.9 Å². The molecular weight excluding hydrogens is 448 g/mol. The van der Waals surface area contributed by atoms with Crippen molar-refractivity contribution in [1.29, 1.82) is 0 Å². The van der Waals surface area contributed by atoms with Crippen molar-refractivity contribution < 1.29 is 4.92 Å². The summed E-state index contributed by atoms with van der Waals surface area (Å²) in [5.74, 6) is 0.527. The van der Waals surface area contributed by atoms with Gasteiger partial charge in [-0.1, -0.05) is 47.4 Å². The van der Waals surface area contributed by atoms with E-state index in [4.69, 9.17) is 11.6 Å². The molecule has 0 fully saturated rings. The molecule has 144 valence electrons. The van der Waals surface area contributed by atoms with Crippen LogP contribution in [0.1, 0.15) is 37.6 Å². The summed E-state index contributed by atoms with van der Waals surface area (Å²) in [6, 6.07) is 9.64. The fraction of sp³-hybridized carbons (Fsp3) is 0.211. The molecule has 1 heterocycles. The van der Waals surface area contributed by atoms with Gasteiger partial charge in [-0.15, -0.1) is 0 Å². The second-order valence-electron chi connectivity index (χ2n) is 6.27. The van der Waals surface area contributed by atoms with Crippen LogP contribution < -0.4 is 5.56 Å². The summed E-state index contributed by atoms with van der Waals surface area (Å²) in [4.78, 5) is 28.2. The zero-order valence-corrected chi connectivity index (χ0v) is 17.4. The molecule has 0 saturated heterocycles. The van der Waals surface area contributed by atoms with E-state index in [0.29, 0.717) is 22.3 Å². The van der Waals surface area contributed by atoms with Crippen molar-refractivity contribution in [2.75, 3.05) is 0 Å². The number of fused-ring (bicyclic) bond motifs is 1. The molecule has 9 heteroatoms. The summed E-state index contributed by atoms with van der Waals surface area (Å²) >= 11 is 9.21. The van der Waals surface area contributed by atoms with Crippen LogP contribution in [0, 0.1) is 10.1 Å². The van der Waals surface area contributed by atoms with E-state index in [1.54, 1.807) is 18.2 Å². The standard InChI is InChI=1S/C19H16BrClN4O3/c1-3-11(2)18-23-16-7-5-13(20)9-14(16)19(26)24(18)22-10-12-4-6-15(21)17(8-12)25(27)28/h4-11H,3H2,1-2H3/t11-/m1/s1. The van der Waals surface area contributed by atoms with Crippen LogP contribution in [0.4, 0.5) is 5.69 Å². The highest BCUT2D eigenvalue weighted by molar-refractivity contribution is 9.10. The van der Waals surface area contributed by atoms with Gasteiger partial charge in [0.15, 0.2) is 0 Å². The molecule has 3 aromatic rings.